The summed E-state index contributed by atoms with van der Waals surface area (Å²) < 4.78 is 0. The zero-order chi connectivity index (χ0) is 15.1. The minimum atomic E-state index is -1.24. The molecule has 1 fully saturated rings. The van der Waals surface area contributed by atoms with Crippen LogP contribution in [-0.4, -0.2) is 77.3 Å². The zero-order valence-corrected chi connectivity index (χ0v) is 11.5. The van der Waals surface area contributed by atoms with Crippen molar-refractivity contribution in [2.24, 2.45) is 0 Å². The van der Waals surface area contributed by atoms with E-state index < -0.39 is 31.1 Å². The number of nitrogens with one attached hydrogen (secondary N) is 1. The molecule has 0 saturated carbocycles. The Balaban J connectivity index is 2.47. The predicted molar refractivity (Wildman–Crippen MR) is 70.5 cm³/mol. The standard InChI is InChI=1S/C12H21N3O5/c1-14-5-3-2-4-9(14)6-13-12(20)15(7-10(16)17)8-11(18)19/h9H,2-8H2,1H3,(H,13,20)(H,16,17)(H,18,19). The van der Waals surface area contributed by atoms with Crippen molar-refractivity contribution in [2.75, 3.05) is 33.2 Å². The Labute approximate surface area is 117 Å². The Bertz CT molecular complexity index is 358. The Kier molecular flexibility index (Phi) is 6.23. The number of carboxylic acid groups (broad SMARTS) is 2. The van der Waals surface area contributed by atoms with Gasteiger partial charge in [0.2, 0.25) is 0 Å². The van der Waals surface area contributed by atoms with E-state index in [0.717, 1.165) is 30.7 Å². The van der Waals surface area contributed by atoms with Gasteiger partial charge in [-0.2, -0.15) is 0 Å². The van der Waals surface area contributed by atoms with Crippen LogP contribution in [0, 0.1) is 0 Å². The zero-order valence-electron chi connectivity index (χ0n) is 11.5. The van der Waals surface area contributed by atoms with Crippen molar-refractivity contribution in [1.82, 2.24) is 15.1 Å². The SMILES string of the molecule is CN1CCCCC1CNC(=O)N(CC(=O)O)CC(=O)O. The molecule has 1 aliphatic rings. The van der Waals surface area contributed by atoms with Gasteiger partial charge in [0.05, 0.1) is 0 Å². The van der Waals surface area contributed by atoms with Gasteiger partial charge in [-0.3, -0.25) is 9.59 Å². The molecule has 8 heteroatoms. The maximum atomic E-state index is 11.8. The van der Waals surface area contributed by atoms with E-state index >= 15 is 0 Å². The number of urea groups is 1. The number of hydrogen-bond donors (Lipinski definition) is 3. The van der Waals surface area contributed by atoms with Gasteiger partial charge in [0, 0.05) is 12.6 Å². The number of carbonyl (C=O) groups excluding carboxylic acids is 1. The van der Waals surface area contributed by atoms with Gasteiger partial charge >= 0.3 is 18.0 Å². The van der Waals surface area contributed by atoms with E-state index in [1.54, 1.807) is 0 Å². The Hall–Kier alpha value is -1.83. The Morgan fingerprint density at radius 1 is 1.20 bits per heavy atom. The fourth-order valence-electron chi connectivity index (χ4n) is 2.25. The summed E-state index contributed by atoms with van der Waals surface area (Å²) in [6.07, 6.45) is 3.19. The molecule has 0 aliphatic carbocycles. The molecule has 0 aromatic rings. The largest absolute Gasteiger partial charge is 0.480 e. The molecule has 1 saturated heterocycles. The van der Waals surface area contributed by atoms with Crippen molar-refractivity contribution in [1.29, 1.82) is 0 Å². The Morgan fingerprint density at radius 2 is 1.80 bits per heavy atom. The van der Waals surface area contributed by atoms with Crippen molar-refractivity contribution >= 4 is 18.0 Å². The van der Waals surface area contributed by atoms with Crippen LogP contribution in [0.5, 0.6) is 0 Å². The molecule has 1 rings (SSSR count). The molecule has 2 amide bonds. The van der Waals surface area contributed by atoms with E-state index in [4.69, 9.17) is 10.2 Å². The number of amides is 2. The predicted octanol–water partition coefficient (Wildman–Crippen LogP) is -0.348. The van der Waals surface area contributed by atoms with Crippen LogP contribution < -0.4 is 5.32 Å². The molecule has 8 nitrogen and oxygen atoms in total. The summed E-state index contributed by atoms with van der Waals surface area (Å²) in [5.41, 5.74) is 0. The third kappa shape index (κ3) is 5.43. The number of likely N-dealkylation sites (N-methyl/N-ethyl adjacent to an activating group) is 1. The van der Waals surface area contributed by atoms with Crippen LogP contribution in [0.15, 0.2) is 0 Å². The highest BCUT2D eigenvalue weighted by molar-refractivity contribution is 5.84. The molecule has 1 heterocycles. The van der Waals surface area contributed by atoms with Crippen LogP contribution in [0.25, 0.3) is 0 Å². The van der Waals surface area contributed by atoms with Gasteiger partial charge in [-0.1, -0.05) is 6.42 Å². The molecular weight excluding hydrogens is 266 g/mol. The number of piperidine rings is 1. The lowest BCUT2D eigenvalue weighted by atomic mass is 10.0. The quantitative estimate of drug-likeness (QED) is 0.616. The van der Waals surface area contributed by atoms with Crippen molar-refractivity contribution in [3.63, 3.8) is 0 Å². The van der Waals surface area contributed by atoms with E-state index in [2.05, 4.69) is 10.2 Å². The minimum absolute atomic E-state index is 0.212. The van der Waals surface area contributed by atoms with Crippen molar-refractivity contribution in [3.8, 4) is 0 Å². The topological polar surface area (TPSA) is 110 Å². The van der Waals surface area contributed by atoms with Gasteiger partial charge in [-0.25, -0.2) is 4.79 Å². The van der Waals surface area contributed by atoms with E-state index in [9.17, 15) is 14.4 Å². The minimum Gasteiger partial charge on any atom is -0.480 e. The second-order valence-corrected chi connectivity index (χ2v) is 4.96. The molecule has 0 aromatic carbocycles. The highest BCUT2D eigenvalue weighted by Crippen LogP contribution is 2.13. The van der Waals surface area contributed by atoms with Crippen LogP contribution in [0.2, 0.25) is 0 Å². The second kappa shape index (κ2) is 7.68. The van der Waals surface area contributed by atoms with E-state index in [1.807, 2.05) is 7.05 Å². The molecular formula is C12H21N3O5. The third-order valence-electron chi connectivity index (χ3n) is 3.35. The first kappa shape index (κ1) is 16.2. The van der Waals surface area contributed by atoms with Crippen LogP contribution in [0.4, 0.5) is 4.79 Å². The first-order chi connectivity index (χ1) is 9.40. The summed E-state index contributed by atoms with van der Waals surface area (Å²) in [6, 6.07) is -0.446. The molecule has 3 N–H and O–H groups in total. The molecule has 1 unspecified atom stereocenters. The molecule has 1 atom stereocenters. The highest BCUT2D eigenvalue weighted by atomic mass is 16.4. The summed E-state index contributed by atoms with van der Waals surface area (Å²) in [5, 5.41) is 20.0. The van der Waals surface area contributed by atoms with Crippen LogP contribution in [0.3, 0.4) is 0 Å². The number of hydrogen-bond acceptors (Lipinski definition) is 4. The van der Waals surface area contributed by atoms with Gasteiger partial charge in [-0.15, -0.1) is 0 Å². The lowest BCUT2D eigenvalue weighted by molar-refractivity contribution is -0.140. The van der Waals surface area contributed by atoms with Crippen LogP contribution >= 0.6 is 0 Å². The third-order valence-corrected chi connectivity index (χ3v) is 3.35. The van der Waals surface area contributed by atoms with E-state index in [-0.39, 0.29) is 6.04 Å². The van der Waals surface area contributed by atoms with Gasteiger partial charge in [0.15, 0.2) is 0 Å². The molecule has 0 bridgehead atoms. The number of nitrogens with zero attached hydrogens (tertiary/aromatic N) is 2. The normalized spacial score (nSPS) is 19.4. The van der Waals surface area contributed by atoms with Crippen molar-refractivity contribution in [2.45, 2.75) is 25.3 Å². The lowest BCUT2D eigenvalue weighted by Crippen LogP contribution is -2.50. The monoisotopic (exact) mass is 287 g/mol. The summed E-state index contributed by atoms with van der Waals surface area (Å²) in [5.74, 6) is -2.48. The highest BCUT2D eigenvalue weighted by Gasteiger charge is 2.23. The molecule has 1 aliphatic heterocycles. The smallest absolute Gasteiger partial charge is 0.323 e. The number of likely N-dealkylation sites (tertiary alicyclic amines) is 1. The average Bonchev–Trinajstić information content (AvgIpc) is 2.35. The molecule has 0 aromatic heterocycles. The molecule has 114 valence electrons. The van der Waals surface area contributed by atoms with Gasteiger partial charge < -0.3 is 25.3 Å². The fraction of sp³-hybridized carbons (Fsp3) is 0.750. The first-order valence-corrected chi connectivity index (χ1v) is 6.56. The Morgan fingerprint density at radius 3 is 2.30 bits per heavy atom. The number of aliphatic carboxylic acids is 2. The van der Waals surface area contributed by atoms with Crippen molar-refractivity contribution < 1.29 is 24.6 Å². The summed E-state index contributed by atoms with van der Waals surface area (Å²) in [6.45, 7) is 0.108. The van der Waals surface area contributed by atoms with Gasteiger partial charge in [-0.05, 0) is 26.4 Å². The lowest BCUT2D eigenvalue weighted by Gasteiger charge is -2.33. The average molecular weight is 287 g/mol. The second-order valence-electron chi connectivity index (χ2n) is 4.96. The maximum absolute atomic E-state index is 11.8. The van der Waals surface area contributed by atoms with Crippen molar-refractivity contribution in [3.05, 3.63) is 0 Å². The number of carboxylic acids is 2. The van der Waals surface area contributed by atoms with Crippen LogP contribution in [0.1, 0.15) is 19.3 Å². The van der Waals surface area contributed by atoms with Gasteiger partial charge in [0.1, 0.15) is 13.1 Å². The summed E-state index contributed by atoms with van der Waals surface area (Å²) >= 11 is 0. The number of rotatable bonds is 6. The molecule has 0 spiro atoms. The van der Waals surface area contributed by atoms with E-state index in [0.29, 0.717) is 6.54 Å². The summed E-state index contributed by atoms with van der Waals surface area (Å²) in [7, 11) is 1.97. The number of carbonyl (C=O) groups is 3. The maximum Gasteiger partial charge on any atom is 0.323 e. The van der Waals surface area contributed by atoms with Gasteiger partial charge in [0.25, 0.3) is 0 Å². The molecule has 20 heavy (non-hydrogen) atoms. The van der Waals surface area contributed by atoms with Crippen LogP contribution in [-0.2, 0) is 9.59 Å². The molecule has 0 radical (unpaired) electrons. The summed E-state index contributed by atoms with van der Waals surface area (Å²) in [4.78, 5) is 36.0. The fourth-order valence-corrected chi connectivity index (χ4v) is 2.25. The first-order valence-electron chi connectivity index (χ1n) is 6.56. The van der Waals surface area contributed by atoms with E-state index in [1.165, 1.54) is 0 Å².